The zero-order valence-electron chi connectivity index (χ0n) is 18.0. The Balaban J connectivity index is 1.33. The number of nitrogens with zero attached hydrogens (tertiary/aromatic N) is 4. The number of rotatable bonds is 2. The number of hydrogen-bond donors (Lipinski definition) is 1. The molecular weight excluding hydrogens is 414 g/mol. The SMILES string of the molecule is Cc1nc2c(Cl)cc(C(=O)N3CCC4(CC3)CC(=O)c3c(cnn3C(C)C)C4)cc2[nH]1. The maximum absolute atomic E-state index is 13.2. The summed E-state index contributed by atoms with van der Waals surface area (Å²) in [6, 6.07) is 3.70. The zero-order valence-corrected chi connectivity index (χ0v) is 18.8. The first-order valence-corrected chi connectivity index (χ1v) is 11.2. The topological polar surface area (TPSA) is 83.9 Å². The van der Waals surface area contributed by atoms with Crippen LogP contribution in [0.5, 0.6) is 0 Å². The van der Waals surface area contributed by atoms with Crippen molar-refractivity contribution in [3.8, 4) is 0 Å². The molecule has 7 nitrogen and oxygen atoms in total. The fraction of sp³-hybridized carbons (Fsp3) is 0.478. The van der Waals surface area contributed by atoms with E-state index in [2.05, 4.69) is 15.1 Å². The number of carbonyl (C=O) groups excluding carboxylic acids is 2. The van der Waals surface area contributed by atoms with E-state index in [4.69, 9.17) is 11.6 Å². The van der Waals surface area contributed by atoms with Crippen LogP contribution in [0.15, 0.2) is 18.3 Å². The summed E-state index contributed by atoms with van der Waals surface area (Å²) in [6.45, 7) is 7.23. The molecule has 1 fully saturated rings. The molecule has 3 heterocycles. The molecule has 1 aliphatic heterocycles. The Morgan fingerprint density at radius 3 is 2.68 bits per heavy atom. The first-order valence-electron chi connectivity index (χ1n) is 10.8. The maximum Gasteiger partial charge on any atom is 0.253 e. The van der Waals surface area contributed by atoms with Crippen molar-refractivity contribution in [3.05, 3.63) is 46.0 Å². The van der Waals surface area contributed by atoms with Crippen LogP contribution >= 0.6 is 11.6 Å². The van der Waals surface area contributed by atoms with Gasteiger partial charge in [-0.15, -0.1) is 0 Å². The molecule has 1 aliphatic carbocycles. The van der Waals surface area contributed by atoms with Crippen molar-refractivity contribution in [1.29, 1.82) is 0 Å². The molecule has 5 rings (SSSR count). The molecule has 0 saturated carbocycles. The third-order valence-electron chi connectivity index (χ3n) is 6.74. The minimum Gasteiger partial charge on any atom is -0.342 e. The van der Waals surface area contributed by atoms with Gasteiger partial charge >= 0.3 is 0 Å². The molecule has 0 atom stereocenters. The number of carbonyl (C=O) groups is 2. The monoisotopic (exact) mass is 439 g/mol. The third-order valence-corrected chi connectivity index (χ3v) is 7.03. The number of likely N-dealkylation sites (tertiary alicyclic amines) is 1. The Morgan fingerprint density at radius 2 is 1.97 bits per heavy atom. The molecule has 0 bridgehead atoms. The average molecular weight is 440 g/mol. The highest BCUT2D eigenvalue weighted by atomic mass is 35.5. The Morgan fingerprint density at radius 1 is 1.23 bits per heavy atom. The van der Waals surface area contributed by atoms with Gasteiger partial charge in [0.2, 0.25) is 0 Å². The number of amides is 1. The standard InChI is InChI=1S/C23H26ClN5O2/c1-13(2)29-21-16(12-25-29)10-23(11-19(21)30)4-6-28(7-5-23)22(31)15-8-17(24)20-18(9-15)26-14(3)27-20/h8-9,12-13H,4-7,10-11H2,1-3H3,(H,26,27). The predicted octanol–water partition coefficient (Wildman–Crippen LogP) is 4.35. The normalized spacial score (nSPS) is 18.2. The lowest BCUT2D eigenvalue weighted by Crippen LogP contribution is -2.46. The average Bonchev–Trinajstić information content (AvgIpc) is 3.31. The molecule has 2 aliphatic rings. The van der Waals surface area contributed by atoms with Crippen LogP contribution in [0.4, 0.5) is 0 Å². The fourth-order valence-corrected chi connectivity index (χ4v) is 5.42. The molecule has 8 heteroatoms. The van der Waals surface area contributed by atoms with Crippen molar-refractivity contribution in [2.45, 2.75) is 52.5 Å². The second kappa shape index (κ2) is 7.19. The van der Waals surface area contributed by atoms with Crippen LogP contribution in [0, 0.1) is 12.3 Å². The van der Waals surface area contributed by atoms with E-state index in [1.165, 1.54) is 0 Å². The minimum absolute atomic E-state index is 0.0265. The Labute approximate surface area is 185 Å². The van der Waals surface area contributed by atoms with Gasteiger partial charge in [0.15, 0.2) is 5.78 Å². The van der Waals surface area contributed by atoms with Crippen molar-refractivity contribution >= 4 is 34.3 Å². The van der Waals surface area contributed by atoms with Crippen LogP contribution in [0.3, 0.4) is 0 Å². The fourth-order valence-electron chi connectivity index (χ4n) is 5.16. The first-order chi connectivity index (χ1) is 14.8. The zero-order chi connectivity index (χ0) is 21.9. The van der Waals surface area contributed by atoms with Crippen molar-refractivity contribution in [3.63, 3.8) is 0 Å². The summed E-state index contributed by atoms with van der Waals surface area (Å²) < 4.78 is 1.85. The number of halogens is 1. The van der Waals surface area contributed by atoms with E-state index >= 15 is 0 Å². The van der Waals surface area contributed by atoms with E-state index in [0.717, 1.165) is 41.9 Å². The predicted molar refractivity (Wildman–Crippen MR) is 119 cm³/mol. The summed E-state index contributed by atoms with van der Waals surface area (Å²) in [7, 11) is 0. The minimum atomic E-state index is -0.0756. The quantitative estimate of drug-likeness (QED) is 0.643. The van der Waals surface area contributed by atoms with E-state index in [-0.39, 0.29) is 23.1 Å². The molecular formula is C23H26ClN5O2. The number of aryl methyl sites for hydroxylation is 1. The van der Waals surface area contributed by atoms with Crippen molar-refractivity contribution in [1.82, 2.24) is 24.6 Å². The lowest BCUT2D eigenvalue weighted by molar-refractivity contribution is 0.0517. The number of ketones is 1. The number of benzene rings is 1. The largest absolute Gasteiger partial charge is 0.342 e. The van der Waals surface area contributed by atoms with Gasteiger partial charge in [0.05, 0.1) is 16.7 Å². The van der Waals surface area contributed by atoms with Crippen molar-refractivity contribution in [2.75, 3.05) is 13.1 Å². The number of Topliss-reactive ketones (excluding diaryl/α,β-unsaturated/α-hetero) is 1. The Bertz CT molecular complexity index is 1200. The second-order valence-corrected chi connectivity index (χ2v) is 9.71. The molecule has 1 N–H and O–H groups in total. The van der Waals surface area contributed by atoms with Crippen LogP contribution in [-0.4, -0.2) is 49.4 Å². The highest BCUT2D eigenvalue weighted by molar-refractivity contribution is 6.35. The molecule has 1 aromatic carbocycles. The van der Waals surface area contributed by atoms with Crippen LogP contribution in [-0.2, 0) is 6.42 Å². The van der Waals surface area contributed by atoms with E-state index in [1.807, 2.05) is 42.6 Å². The molecule has 31 heavy (non-hydrogen) atoms. The molecule has 1 saturated heterocycles. The van der Waals surface area contributed by atoms with Gasteiger partial charge in [-0.1, -0.05) is 11.6 Å². The lowest BCUT2D eigenvalue weighted by Gasteiger charge is -2.43. The summed E-state index contributed by atoms with van der Waals surface area (Å²) in [5.41, 5.74) is 3.78. The van der Waals surface area contributed by atoms with E-state index in [0.29, 0.717) is 35.6 Å². The number of H-pyrrole nitrogens is 1. The van der Waals surface area contributed by atoms with Gasteiger partial charge < -0.3 is 9.88 Å². The Kier molecular flexibility index (Phi) is 4.70. The number of fused-ring (bicyclic) bond motifs is 2. The summed E-state index contributed by atoms with van der Waals surface area (Å²) in [6.07, 6.45) is 4.88. The summed E-state index contributed by atoms with van der Waals surface area (Å²) in [5.74, 6) is 0.920. The van der Waals surface area contributed by atoms with Gasteiger partial charge in [-0.3, -0.25) is 14.3 Å². The van der Waals surface area contributed by atoms with E-state index < -0.39 is 0 Å². The van der Waals surface area contributed by atoms with E-state index in [1.54, 1.807) is 6.07 Å². The van der Waals surface area contributed by atoms with Crippen LogP contribution < -0.4 is 0 Å². The molecule has 3 aromatic rings. The third kappa shape index (κ3) is 3.35. The van der Waals surface area contributed by atoms with Gasteiger partial charge in [-0.05, 0) is 57.6 Å². The molecule has 162 valence electrons. The smallest absolute Gasteiger partial charge is 0.253 e. The molecule has 1 spiro atoms. The van der Waals surface area contributed by atoms with Gasteiger partial charge in [0.25, 0.3) is 5.91 Å². The summed E-state index contributed by atoms with van der Waals surface area (Å²) >= 11 is 6.36. The summed E-state index contributed by atoms with van der Waals surface area (Å²) in [4.78, 5) is 35.6. The maximum atomic E-state index is 13.2. The Hall–Kier alpha value is -2.67. The summed E-state index contributed by atoms with van der Waals surface area (Å²) in [5, 5.41) is 4.93. The van der Waals surface area contributed by atoms with Crippen LogP contribution in [0.1, 0.15) is 71.4 Å². The highest BCUT2D eigenvalue weighted by Crippen LogP contribution is 2.44. The van der Waals surface area contributed by atoms with Crippen LogP contribution in [0.25, 0.3) is 11.0 Å². The van der Waals surface area contributed by atoms with Crippen molar-refractivity contribution < 1.29 is 9.59 Å². The molecule has 1 amide bonds. The number of imidazole rings is 1. The number of aromatic amines is 1. The molecule has 0 unspecified atom stereocenters. The molecule has 2 aromatic heterocycles. The number of piperidine rings is 1. The van der Waals surface area contributed by atoms with Gasteiger partial charge in [-0.25, -0.2) is 4.98 Å². The van der Waals surface area contributed by atoms with Gasteiger partial charge in [-0.2, -0.15) is 5.10 Å². The first kappa shape index (κ1) is 20.2. The second-order valence-electron chi connectivity index (χ2n) is 9.30. The number of aromatic nitrogens is 4. The van der Waals surface area contributed by atoms with Crippen LogP contribution in [0.2, 0.25) is 5.02 Å². The van der Waals surface area contributed by atoms with E-state index in [9.17, 15) is 9.59 Å². The number of hydrogen-bond acceptors (Lipinski definition) is 4. The lowest BCUT2D eigenvalue weighted by atomic mass is 9.67. The van der Waals surface area contributed by atoms with Gasteiger partial charge in [0, 0.05) is 36.7 Å². The number of nitrogens with one attached hydrogen (secondary N) is 1. The van der Waals surface area contributed by atoms with Crippen molar-refractivity contribution in [2.24, 2.45) is 5.41 Å². The van der Waals surface area contributed by atoms with Gasteiger partial charge in [0.1, 0.15) is 17.0 Å². The highest BCUT2D eigenvalue weighted by Gasteiger charge is 2.43. The molecule has 0 radical (unpaired) electrons.